The summed E-state index contributed by atoms with van der Waals surface area (Å²) < 4.78 is 0. The van der Waals surface area contributed by atoms with E-state index in [1.165, 1.54) is 0 Å². The van der Waals surface area contributed by atoms with Gasteiger partial charge in [-0.3, -0.25) is 19.3 Å². The molecule has 0 spiro atoms. The summed E-state index contributed by atoms with van der Waals surface area (Å²) in [6.07, 6.45) is 3.33. The molecule has 1 saturated carbocycles. The molecule has 1 N–H and O–H groups in total. The van der Waals surface area contributed by atoms with Crippen molar-refractivity contribution in [2.24, 2.45) is 17.0 Å². The van der Waals surface area contributed by atoms with Crippen LogP contribution in [0, 0.1) is 11.8 Å². The lowest BCUT2D eigenvalue weighted by molar-refractivity contribution is -0.146. The molecule has 7 heteroatoms. The van der Waals surface area contributed by atoms with Crippen LogP contribution in [-0.4, -0.2) is 58.1 Å². The van der Waals surface area contributed by atoms with Crippen LogP contribution in [0.1, 0.15) is 32.1 Å². The van der Waals surface area contributed by atoms with Crippen molar-refractivity contribution < 1.29 is 19.6 Å². The predicted molar refractivity (Wildman–Crippen MR) is 72.6 cm³/mol. The molecule has 0 bridgehead atoms. The minimum Gasteiger partial charge on any atom is -0.411 e. The zero-order valence-corrected chi connectivity index (χ0v) is 11.8. The van der Waals surface area contributed by atoms with Crippen molar-refractivity contribution in [3.63, 3.8) is 0 Å². The van der Waals surface area contributed by atoms with Crippen LogP contribution in [0.4, 0.5) is 0 Å². The first kappa shape index (κ1) is 14.0. The molecule has 114 valence electrons. The molecule has 0 radical (unpaired) electrons. The van der Waals surface area contributed by atoms with Gasteiger partial charge in [0.15, 0.2) is 0 Å². The van der Waals surface area contributed by atoms with Gasteiger partial charge in [-0.25, -0.2) is 0 Å². The topological polar surface area (TPSA) is 90.3 Å². The third kappa shape index (κ3) is 2.41. The molecule has 3 amide bonds. The van der Waals surface area contributed by atoms with Crippen LogP contribution in [0.25, 0.3) is 0 Å². The number of likely N-dealkylation sites (tertiary alicyclic amines) is 2. The van der Waals surface area contributed by atoms with E-state index in [9.17, 15) is 14.4 Å². The number of hydrogen-bond donors (Lipinski definition) is 1. The second-order valence-electron chi connectivity index (χ2n) is 5.97. The molecular weight excluding hydrogens is 274 g/mol. The first-order chi connectivity index (χ1) is 10.1. The number of carbonyl (C=O) groups excluding carboxylic acids is 3. The van der Waals surface area contributed by atoms with Crippen LogP contribution in [0.5, 0.6) is 0 Å². The number of nitrogens with zero attached hydrogens (tertiary/aromatic N) is 3. The number of oxime groups is 1. The summed E-state index contributed by atoms with van der Waals surface area (Å²) >= 11 is 0. The van der Waals surface area contributed by atoms with Gasteiger partial charge in [0, 0.05) is 19.5 Å². The Labute approximate surface area is 122 Å². The Morgan fingerprint density at radius 3 is 2.52 bits per heavy atom. The van der Waals surface area contributed by atoms with Gasteiger partial charge >= 0.3 is 0 Å². The molecular formula is C14H19N3O4. The number of rotatable bonds is 2. The van der Waals surface area contributed by atoms with Gasteiger partial charge in [0.2, 0.25) is 17.7 Å². The highest BCUT2D eigenvalue weighted by Gasteiger charge is 2.50. The van der Waals surface area contributed by atoms with Crippen molar-refractivity contribution in [1.29, 1.82) is 0 Å². The molecule has 1 aliphatic carbocycles. The fourth-order valence-corrected chi connectivity index (χ4v) is 3.53. The molecule has 3 aliphatic rings. The van der Waals surface area contributed by atoms with Crippen LogP contribution < -0.4 is 0 Å². The maximum atomic E-state index is 12.4. The second kappa shape index (κ2) is 5.46. The van der Waals surface area contributed by atoms with Gasteiger partial charge in [-0.15, -0.1) is 0 Å². The molecule has 2 aliphatic heterocycles. The minimum absolute atomic E-state index is 0.143. The van der Waals surface area contributed by atoms with Gasteiger partial charge in [-0.2, -0.15) is 0 Å². The van der Waals surface area contributed by atoms with Crippen LogP contribution in [0.3, 0.4) is 0 Å². The lowest BCUT2D eigenvalue weighted by Gasteiger charge is -2.20. The van der Waals surface area contributed by atoms with E-state index in [1.807, 2.05) is 0 Å². The van der Waals surface area contributed by atoms with Gasteiger partial charge < -0.3 is 10.1 Å². The Hall–Kier alpha value is -1.92. The maximum absolute atomic E-state index is 12.4. The first-order valence-electron chi connectivity index (χ1n) is 7.44. The molecule has 2 atom stereocenters. The normalized spacial score (nSPS) is 31.1. The lowest BCUT2D eigenvalue weighted by Crippen LogP contribution is -2.42. The van der Waals surface area contributed by atoms with Gasteiger partial charge in [0.1, 0.15) is 6.54 Å². The van der Waals surface area contributed by atoms with E-state index in [0.29, 0.717) is 38.1 Å². The summed E-state index contributed by atoms with van der Waals surface area (Å²) in [5.41, 5.74) is 0.560. The summed E-state index contributed by atoms with van der Waals surface area (Å²) in [5, 5.41) is 12.0. The monoisotopic (exact) mass is 293 g/mol. The molecule has 0 unspecified atom stereocenters. The van der Waals surface area contributed by atoms with Gasteiger partial charge in [-0.05, 0) is 25.7 Å². The number of imide groups is 1. The number of amides is 3. The summed E-state index contributed by atoms with van der Waals surface area (Å²) in [6.45, 7) is 1.28. The third-order valence-electron chi connectivity index (χ3n) is 4.75. The predicted octanol–water partition coefficient (Wildman–Crippen LogP) is 0.224. The quantitative estimate of drug-likeness (QED) is 0.448. The maximum Gasteiger partial charge on any atom is 0.242 e. The minimum atomic E-state index is -0.455. The average molecular weight is 293 g/mol. The van der Waals surface area contributed by atoms with Gasteiger partial charge in [0.05, 0.1) is 17.5 Å². The molecule has 3 fully saturated rings. The summed E-state index contributed by atoms with van der Waals surface area (Å²) in [6, 6.07) is 0. The van der Waals surface area contributed by atoms with Crippen LogP contribution in [-0.2, 0) is 14.4 Å². The summed E-state index contributed by atoms with van der Waals surface area (Å²) in [7, 11) is 0. The number of fused-ring (bicyclic) bond motifs is 1. The zero-order chi connectivity index (χ0) is 15.0. The average Bonchev–Trinajstić information content (AvgIpc) is 3.11. The van der Waals surface area contributed by atoms with Crippen molar-refractivity contribution in [2.45, 2.75) is 32.1 Å². The largest absolute Gasteiger partial charge is 0.411 e. The summed E-state index contributed by atoms with van der Waals surface area (Å²) in [4.78, 5) is 39.6. The van der Waals surface area contributed by atoms with E-state index in [-0.39, 0.29) is 30.2 Å². The van der Waals surface area contributed by atoms with E-state index in [0.717, 1.165) is 17.7 Å². The smallest absolute Gasteiger partial charge is 0.242 e. The Morgan fingerprint density at radius 1 is 1.19 bits per heavy atom. The molecule has 0 aromatic heterocycles. The Balaban J connectivity index is 1.70. The lowest BCUT2D eigenvalue weighted by atomic mass is 9.80. The van der Waals surface area contributed by atoms with E-state index in [2.05, 4.69) is 5.16 Å². The van der Waals surface area contributed by atoms with E-state index in [4.69, 9.17) is 5.21 Å². The third-order valence-corrected chi connectivity index (χ3v) is 4.75. The molecule has 0 aromatic carbocycles. The zero-order valence-electron chi connectivity index (χ0n) is 11.8. The second-order valence-corrected chi connectivity index (χ2v) is 5.97. The molecule has 3 rings (SSSR count). The number of carbonyl (C=O) groups is 3. The fourth-order valence-electron chi connectivity index (χ4n) is 3.53. The van der Waals surface area contributed by atoms with E-state index in [1.54, 1.807) is 4.90 Å². The SMILES string of the molecule is O=C(CN1C(=O)[C@H]2CC/C(=N\O)C[C@@H]2C1=O)N1CCCC1. The molecule has 21 heavy (non-hydrogen) atoms. The first-order valence-corrected chi connectivity index (χ1v) is 7.44. The fraction of sp³-hybridized carbons (Fsp3) is 0.714. The Bertz CT molecular complexity index is 510. The van der Waals surface area contributed by atoms with Gasteiger partial charge in [-0.1, -0.05) is 5.16 Å². The van der Waals surface area contributed by atoms with Crippen molar-refractivity contribution in [1.82, 2.24) is 9.80 Å². The standard InChI is InChI=1S/C14H19N3O4/c18-12(16-5-1-2-6-16)8-17-13(19)10-4-3-9(15-21)7-11(10)14(17)20/h10-11,21H,1-8H2/b15-9+/t10-,11-/m0/s1. The molecule has 0 aromatic rings. The van der Waals surface area contributed by atoms with Crippen molar-refractivity contribution in [3.8, 4) is 0 Å². The van der Waals surface area contributed by atoms with E-state index >= 15 is 0 Å². The highest BCUT2D eigenvalue weighted by Crippen LogP contribution is 2.37. The van der Waals surface area contributed by atoms with E-state index < -0.39 is 5.92 Å². The molecule has 2 saturated heterocycles. The summed E-state index contributed by atoms with van der Waals surface area (Å²) in [5.74, 6) is -1.49. The van der Waals surface area contributed by atoms with Crippen molar-refractivity contribution in [3.05, 3.63) is 0 Å². The highest BCUT2D eigenvalue weighted by molar-refractivity contribution is 6.09. The van der Waals surface area contributed by atoms with Gasteiger partial charge in [0.25, 0.3) is 0 Å². The highest BCUT2D eigenvalue weighted by atomic mass is 16.4. The Morgan fingerprint density at radius 2 is 1.86 bits per heavy atom. The Kier molecular flexibility index (Phi) is 3.65. The number of hydrogen-bond acceptors (Lipinski definition) is 5. The van der Waals surface area contributed by atoms with Crippen molar-refractivity contribution >= 4 is 23.4 Å². The molecule has 2 heterocycles. The van der Waals surface area contributed by atoms with Crippen molar-refractivity contribution in [2.75, 3.05) is 19.6 Å². The van der Waals surface area contributed by atoms with Crippen LogP contribution in [0.2, 0.25) is 0 Å². The van der Waals surface area contributed by atoms with Crippen LogP contribution >= 0.6 is 0 Å². The molecule has 7 nitrogen and oxygen atoms in total. The van der Waals surface area contributed by atoms with Crippen LogP contribution in [0.15, 0.2) is 5.16 Å².